The number of benzene rings is 2. The number of carbonyl (C=O) groups is 1. The van der Waals surface area contributed by atoms with E-state index in [1.165, 1.54) is 13.2 Å². The van der Waals surface area contributed by atoms with Crippen LogP contribution >= 0.6 is 0 Å². The highest BCUT2D eigenvalue weighted by molar-refractivity contribution is 5.93. The third-order valence-corrected chi connectivity index (χ3v) is 3.22. The molecule has 122 valence electrons. The molecule has 0 aromatic heterocycles. The first-order valence-corrected chi connectivity index (χ1v) is 7.25. The minimum absolute atomic E-state index is 0.0655. The Labute approximate surface area is 135 Å². The van der Waals surface area contributed by atoms with Crippen LogP contribution in [0.15, 0.2) is 36.4 Å². The maximum Gasteiger partial charge on any atom is 0.342 e. The molecule has 2 aromatic carbocycles. The van der Waals surface area contributed by atoms with Crippen molar-refractivity contribution < 1.29 is 24.1 Å². The number of aromatic hydroxyl groups is 1. The second-order valence-corrected chi connectivity index (χ2v) is 5.16. The molecule has 0 spiro atoms. The van der Waals surface area contributed by atoms with Gasteiger partial charge in [0.25, 0.3) is 0 Å². The van der Waals surface area contributed by atoms with Crippen LogP contribution in [0.5, 0.6) is 17.2 Å². The summed E-state index contributed by atoms with van der Waals surface area (Å²) in [4.78, 5) is 12.0. The summed E-state index contributed by atoms with van der Waals surface area (Å²) in [7, 11) is 1.42. The van der Waals surface area contributed by atoms with Gasteiger partial charge in [-0.1, -0.05) is 12.1 Å². The lowest BCUT2D eigenvalue weighted by molar-refractivity contribution is 0.0446. The third kappa shape index (κ3) is 4.39. The van der Waals surface area contributed by atoms with E-state index in [-0.39, 0.29) is 30.3 Å². The number of ether oxygens (including phenoxy) is 3. The molecule has 0 aliphatic rings. The number of phenolic OH excluding ortho intramolecular Hbond substituents is 1. The second-order valence-electron chi connectivity index (χ2n) is 5.16. The Morgan fingerprint density at radius 1 is 1.09 bits per heavy atom. The van der Waals surface area contributed by atoms with Crippen LogP contribution < -0.4 is 9.47 Å². The summed E-state index contributed by atoms with van der Waals surface area (Å²) >= 11 is 0. The average Bonchev–Trinajstić information content (AvgIpc) is 2.50. The molecular weight excluding hydrogens is 296 g/mol. The number of carbonyl (C=O) groups excluding carboxylic acids is 1. The smallest absolute Gasteiger partial charge is 0.342 e. The fourth-order valence-electron chi connectivity index (χ4n) is 2.24. The molecule has 1 N–H and O–H groups in total. The molecule has 0 fully saturated rings. The first-order valence-electron chi connectivity index (χ1n) is 7.25. The number of hydrogen-bond acceptors (Lipinski definition) is 5. The zero-order valence-corrected chi connectivity index (χ0v) is 13.5. The summed E-state index contributed by atoms with van der Waals surface area (Å²) in [5, 5.41) is 9.90. The Bertz CT molecular complexity index is 674. The number of esters is 1. The van der Waals surface area contributed by atoms with Gasteiger partial charge in [0.15, 0.2) is 11.5 Å². The minimum atomic E-state index is -0.620. The number of rotatable bonds is 6. The van der Waals surface area contributed by atoms with E-state index in [4.69, 9.17) is 14.2 Å². The van der Waals surface area contributed by atoms with Crippen molar-refractivity contribution in [3.8, 4) is 17.2 Å². The quantitative estimate of drug-likeness (QED) is 0.654. The maximum absolute atomic E-state index is 12.0. The van der Waals surface area contributed by atoms with Gasteiger partial charge in [0.2, 0.25) is 0 Å². The molecule has 0 atom stereocenters. The van der Waals surface area contributed by atoms with Gasteiger partial charge in [0, 0.05) is 0 Å². The van der Waals surface area contributed by atoms with E-state index in [2.05, 4.69) is 6.07 Å². The summed E-state index contributed by atoms with van der Waals surface area (Å²) in [6.07, 6.45) is 0. The number of para-hydroxylation sites is 1. The van der Waals surface area contributed by atoms with Crippen molar-refractivity contribution in [1.82, 2.24) is 0 Å². The highest BCUT2D eigenvalue weighted by Crippen LogP contribution is 2.29. The number of phenols is 1. The standard InChI is InChI=1S/C18H20O5/c1-12-9-13(2)11-14(10-12)22-7-8-23-18(20)15-5-4-6-16(21-3)17(15)19/h4-6,9-11,19H,7-8H2,1-3H3. The van der Waals surface area contributed by atoms with Crippen LogP contribution in [-0.2, 0) is 4.74 Å². The van der Waals surface area contributed by atoms with Crippen LogP contribution in [0.4, 0.5) is 0 Å². The summed E-state index contributed by atoms with van der Waals surface area (Å²) in [6.45, 7) is 4.30. The molecule has 0 bridgehead atoms. The summed E-state index contributed by atoms with van der Waals surface area (Å²) in [5.41, 5.74) is 2.28. The van der Waals surface area contributed by atoms with E-state index in [0.717, 1.165) is 16.9 Å². The summed E-state index contributed by atoms with van der Waals surface area (Å²) in [6, 6.07) is 10.5. The average molecular weight is 316 g/mol. The Kier molecular flexibility index (Phi) is 5.46. The monoisotopic (exact) mass is 316 g/mol. The molecule has 0 saturated carbocycles. The van der Waals surface area contributed by atoms with E-state index in [0.29, 0.717) is 0 Å². The zero-order chi connectivity index (χ0) is 16.8. The molecule has 2 rings (SSSR count). The molecule has 0 amide bonds. The lowest BCUT2D eigenvalue weighted by atomic mass is 10.1. The topological polar surface area (TPSA) is 65.0 Å². The van der Waals surface area contributed by atoms with Gasteiger partial charge < -0.3 is 19.3 Å². The van der Waals surface area contributed by atoms with Crippen LogP contribution in [0.25, 0.3) is 0 Å². The van der Waals surface area contributed by atoms with Crippen molar-refractivity contribution in [2.45, 2.75) is 13.8 Å². The highest BCUT2D eigenvalue weighted by atomic mass is 16.6. The van der Waals surface area contributed by atoms with Gasteiger partial charge >= 0.3 is 5.97 Å². The van der Waals surface area contributed by atoms with Crippen LogP contribution in [0, 0.1) is 13.8 Å². The second kappa shape index (κ2) is 7.54. The summed E-state index contributed by atoms with van der Waals surface area (Å²) < 4.78 is 15.6. The molecule has 0 saturated heterocycles. The van der Waals surface area contributed by atoms with Crippen LogP contribution in [0.3, 0.4) is 0 Å². The van der Waals surface area contributed by atoms with Gasteiger partial charge in [-0.15, -0.1) is 0 Å². The Balaban J connectivity index is 1.88. The summed E-state index contributed by atoms with van der Waals surface area (Å²) in [5.74, 6) is 0.120. The first kappa shape index (κ1) is 16.7. The third-order valence-electron chi connectivity index (χ3n) is 3.22. The van der Waals surface area contributed by atoms with Crippen molar-refractivity contribution in [2.75, 3.05) is 20.3 Å². The lowest BCUT2D eigenvalue weighted by Gasteiger charge is -2.10. The van der Waals surface area contributed by atoms with E-state index >= 15 is 0 Å². The molecule has 5 heteroatoms. The number of hydrogen-bond donors (Lipinski definition) is 1. The zero-order valence-electron chi connectivity index (χ0n) is 13.5. The van der Waals surface area contributed by atoms with Crippen LogP contribution in [0.1, 0.15) is 21.5 Å². The van der Waals surface area contributed by atoms with Gasteiger partial charge in [-0.2, -0.15) is 0 Å². The normalized spacial score (nSPS) is 10.2. The van der Waals surface area contributed by atoms with Gasteiger partial charge in [0.05, 0.1) is 7.11 Å². The van der Waals surface area contributed by atoms with Gasteiger partial charge in [-0.25, -0.2) is 4.79 Å². The maximum atomic E-state index is 12.0. The molecule has 0 heterocycles. The Hall–Kier alpha value is -2.69. The molecule has 23 heavy (non-hydrogen) atoms. The lowest BCUT2D eigenvalue weighted by Crippen LogP contribution is -2.12. The highest BCUT2D eigenvalue weighted by Gasteiger charge is 2.15. The number of methoxy groups -OCH3 is 1. The Morgan fingerprint density at radius 3 is 2.43 bits per heavy atom. The Morgan fingerprint density at radius 2 is 1.78 bits per heavy atom. The van der Waals surface area contributed by atoms with Crippen molar-refractivity contribution in [3.63, 3.8) is 0 Å². The molecule has 0 aliphatic heterocycles. The van der Waals surface area contributed by atoms with Crippen molar-refractivity contribution in [2.24, 2.45) is 0 Å². The van der Waals surface area contributed by atoms with Crippen LogP contribution in [0.2, 0.25) is 0 Å². The van der Waals surface area contributed by atoms with E-state index in [9.17, 15) is 9.90 Å². The molecular formula is C18H20O5. The van der Waals surface area contributed by atoms with Gasteiger partial charge in [-0.05, 0) is 49.2 Å². The van der Waals surface area contributed by atoms with E-state index < -0.39 is 5.97 Å². The van der Waals surface area contributed by atoms with E-state index in [1.54, 1.807) is 12.1 Å². The number of aryl methyl sites for hydroxylation is 2. The van der Waals surface area contributed by atoms with Gasteiger partial charge in [0.1, 0.15) is 24.5 Å². The molecule has 5 nitrogen and oxygen atoms in total. The van der Waals surface area contributed by atoms with Crippen molar-refractivity contribution >= 4 is 5.97 Å². The molecule has 0 aliphatic carbocycles. The predicted molar refractivity (Wildman–Crippen MR) is 86.4 cm³/mol. The van der Waals surface area contributed by atoms with Crippen molar-refractivity contribution in [3.05, 3.63) is 53.1 Å². The molecule has 0 unspecified atom stereocenters. The van der Waals surface area contributed by atoms with Crippen molar-refractivity contribution in [1.29, 1.82) is 0 Å². The first-order chi connectivity index (χ1) is 11.0. The largest absolute Gasteiger partial charge is 0.504 e. The molecule has 2 aromatic rings. The fraction of sp³-hybridized carbons (Fsp3) is 0.278. The SMILES string of the molecule is COc1cccc(C(=O)OCCOc2cc(C)cc(C)c2)c1O. The fourth-order valence-corrected chi connectivity index (χ4v) is 2.24. The predicted octanol–water partition coefficient (Wildman–Crippen LogP) is 3.25. The molecule has 0 radical (unpaired) electrons. The van der Waals surface area contributed by atoms with Gasteiger partial charge in [-0.3, -0.25) is 0 Å². The minimum Gasteiger partial charge on any atom is -0.504 e. The van der Waals surface area contributed by atoms with E-state index in [1.807, 2.05) is 26.0 Å². The van der Waals surface area contributed by atoms with Crippen LogP contribution in [-0.4, -0.2) is 31.4 Å².